The summed E-state index contributed by atoms with van der Waals surface area (Å²) in [6.07, 6.45) is 1.54. The van der Waals surface area contributed by atoms with Crippen LogP contribution >= 0.6 is 11.6 Å². The molecule has 0 saturated carbocycles. The van der Waals surface area contributed by atoms with E-state index in [4.69, 9.17) is 11.6 Å². The van der Waals surface area contributed by atoms with Crippen LogP contribution in [0.1, 0.15) is 31.9 Å². The molecule has 0 amide bonds. The second-order valence-electron chi connectivity index (χ2n) is 9.90. The SMILES string of the molecule is BC(Nc1cc(Cl)c2ncc(C#N)c(NCC(C)(C)C)c2c1)(C1=NNNN1C)c1ccc(F)cc1. The first-order valence-corrected chi connectivity index (χ1v) is 11.5. The molecular weight excluding hydrogens is 466 g/mol. The number of amidine groups is 1. The summed E-state index contributed by atoms with van der Waals surface area (Å²) in [4.78, 5) is 4.44. The van der Waals surface area contributed by atoms with Crippen molar-refractivity contribution < 1.29 is 4.39 Å². The molecule has 1 aliphatic heterocycles. The van der Waals surface area contributed by atoms with Crippen molar-refractivity contribution in [2.45, 2.75) is 26.2 Å². The number of nitrogens with one attached hydrogen (secondary N) is 4. The number of hydrogen-bond acceptors (Lipinski definition) is 8. The number of nitrogens with zero attached hydrogens (tertiary/aromatic N) is 4. The smallest absolute Gasteiger partial charge is 0.162 e. The molecule has 11 heteroatoms. The molecule has 2 heterocycles. The van der Waals surface area contributed by atoms with Crippen LogP contribution in [0.5, 0.6) is 0 Å². The molecule has 0 fully saturated rings. The van der Waals surface area contributed by atoms with Crippen LogP contribution in [-0.2, 0) is 5.44 Å². The predicted molar refractivity (Wildman–Crippen MR) is 141 cm³/mol. The molecule has 3 aromatic rings. The summed E-state index contributed by atoms with van der Waals surface area (Å²) in [6, 6.07) is 12.2. The molecule has 8 nitrogen and oxygen atoms in total. The number of hydrogen-bond donors (Lipinski definition) is 4. The highest BCUT2D eigenvalue weighted by Gasteiger charge is 2.37. The van der Waals surface area contributed by atoms with Gasteiger partial charge in [0.05, 0.1) is 27.2 Å². The quantitative estimate of drug-likeness (QED) is 0.391. The van der Waals surface area contributed by atoms with Crippen molar-refractivity contribution in [3.63, 3.8) is 0 Å². The number of hydrazine groups is 2. The van der Waals surface area contributed by atoms with Gasteiger partial charge in [-0.2, -0.15) is 5.26 Å². The zero-order chi connectivity index (χ0) is 25.4. The fourth-order valence-electron chi connectivity index (χ4n) is 4.02. The van der Waals surface area contributed by atoms with Crippen molar-refractivity contribution in [2.75, 3.05) is 24.2 Å². The van der Waals surface area contributed by atoms with Crippen molar-refractivity contribution in [1.29, 1.82) is 5.26 Å². The average Bonchev–Trinajstić information content (AvgIpc) is 3.23. The lowest BCUT2D eigenvalue weighted by atomic mass is 9.70. The Morgan fingerprint density at radius 3 is 2.54 bits per heavy atom. The largest absolute Gasteiger partial charge is 0.383 e. The molecular formula is C24H27BClFN8. The maximum atomic E-state index is 13.7. The Labute approximate surface area is 209 Å². The zero-order valence-corrected chi connectivity index (χ0v) is 21.0. The molecule has 4 N–H and O–H groups in total. The van der Waals surface area contributed by atoms with E-state index in [-0.39, 0.29) is 11.2 Å². The number of pyridine rings is 1. The number of hydrazone groups is 1. The van der Waals surface area contributed by atoms with Crippen LogP contribution in [0.2, 0.25) is 5.02 Å². The average molecular weight is 493 g/mol. The summed E-state index contributed by atoms with van der Waals surface area (Å²) in [6.45, 7) is 7.00. The lowest BCUT2D eigenvalue weighted by Gasteiger charge is -2.35. The van der Waals surface area contributed by atoms with E-state index in [1.54, 1.807) is 23.2 Å². The van der Waals surface area contributed by atoms with Crippen LogP contribution in [0, 0.1) is 22.6 Å². The van der Waals surface area contributed by atoms with Crippen LogP contribution in [0.25, 0.3) is 10.9 Å². The van der Waals surface area contributed by atoms with Crippen molar-refractivity contribution in [2.24, 2.45) is 10.5 Å². The highest BCUT2D eigenvalue weighted by molar-refractivity contribution is 6.36. The second-order valence-corrected chi connectivity index (χ2v) is 10.3. The number of aromatic nitrogens is 1. The third-order valence-corrected chi connectivity index (χ3v) is 6.09. The molecule has 180 valence electrons. The zero-order valence-electron chi connectivity index (χ0n) is 20.3. The standard InChI is InChI=1S/C24H27BClFN8/c1-23(2,3)13-30-20-14(11-28)12-29-21-18(20)9-17(10-19(21)26)31-24(25,22-32-33-34-35(22)4)15-5-7-16(27)8-6-15/h5-10,12,31,33-34H,13,25H2,1-4H3,(H,29,30). The number of rotatable bonds is 6. The molecule has 1 unspecified atom stereocenters. The number of nitriles is 1. The molecule has 0 radical (unpaired) electrons. The number of benzene rings is 2. The van der Waals surface area contributed by atoms with Gasteiger partial charge in [-0.05, 0) is 35.2 Å². The monoisotopic (exact) mass is 492 g/mol. The lowest BCUT2D eigenvalue weighted by molar-refractivity contribution is 0.341. The number of likely N-dealkylation sites (N-methyl/N-ethyl adjacent to an activating group) is 1. The highest BCUT2D eigenvalue weighted by atomic mass is 35.5. The molecule has 1 atom stereocenters. The van der Waals surface area contributed by atoms with Crippen LogP contribution in [0.15, 0.2) is 47.7 Å². The molecule has 1 aromatic heterocycles. The van der Waals surface area contributed by atoms with Crippen LogP contribution < -0.4 is 21.7 Å². The van der Waals surface area contributed by atoms with Gasteiger partial charge in [0.1, 0.15) is 11.9 Å². The Hall–Kier alpha value is -3.55. The maximum absolute atomic E-state index is 13.7. The molecule has 0 saturated heterocycles. The minimum Gasteiger partial charge on any atom is -0.383 e. The molecule has 0 spiro atoms. The van der Waals surface area contributed by atoms with Crippen molar-refractivity contribution in [3.05, 3.63) is 64.6 Å². The summed E-state index contributed by atoms with van der Waals surface area (Å²) in [5.41, 5.74) is 8.00. The van der Waals surface area contributed by atoms with Crippen molar-refractivity contribution >= 4 is 47.6 Å². The summed E-state index contributed by atoms with van der Waals surface area (Å²) in [5, 5.41) is 24.0. The van der Waals surface area contributed by atoms with E-state index in [9.17, 15) is 9.65 Å². The first-order chi connectivity index (χ1) is 16.5. The lowest BCUT2D eigenvalue weighted by Crippen LogP contribution is -2.52. The van der Waals surface area contributed by atoms with E-state index < -0.39 is 5.44 Å². The van der Waals surface area contributed by atoms with Crippen molar-refractivity contribution in [1.82, 2.24) is 21.1 Å². The summed E-state index contributed by atoms with van der Waals surface area (Å²) >= 11 is 6.68. The predicted octanol–water partition coefficient (Wildman–Crippen LogP) is 3.52. The van der Waals surface area contributed by atoms with Gasteiger partial charge in [-0.3, -0.25) is 9.99 Å². The molecule has 35 heavy (non-hydrogen) atoms. The number of halogens is 2. The Morgan fingerprint density at radius 2 is 1.94 bits per heavy atom. The summed E-state index contributed by atoms with van der Waals surface area (Å²) < 4.78 is 13.7. The van der Waals surface area contributed by atoms with Gasteiger partial charge in [0, 0.05) is 30.9 Å². The van der Waals surface area contributed by atoms with Crippen LogP contribution in [0.4, 0.5) is 15.8 Å². The van der Waals surface area contributed by atoms with Crippen LogP contribution in [-0.4, -0.2) is 37.3 Å². The Morgan fingerprint density at radius 1 is 1.23 bits per heavy atom. The van der Waals surface area contributed by atoms with E-state index in [1.165, 1.54) is 18.3 Å². The minimum atomic E-state index is -0.866. The Balaban J connectivity index is 1.84. The Kier molecular flexibility index (Phi) is 6.49. The summed E-state index contributed by atoms with van der Waals surface area (Å²) in [7, 11) is 3.78. The van der Waals surface area contributed by atoms with Gasteiger partial charge in [-0.1, -0.05) is 44.5 Å². The molecule has 0 aliphatic carbocycles. The third-order valence-electron chi connectivity index (χ3n) is 5.80. The van der Waals surface area contributed by atoms with Gasteiger partial charge in [0.2, 0.25) is 0 Å². The van der Waals surface area contributed by atoms with E-state index in [2.05, 4.69) is 58.6 Å². The highest BCUT2D eigenvalue weighted by Crippen LogP contribution is 2.36. The van der Waals surface area contributed by atoms with Gasteiger partial charge in [0.15, 0.2) is 13.7 Å². The molecule has 4 rings (SSSR count). The minimum absolute atomic E-state index is 0.00562. The van der Waals surface area contributed by atoms with Gasteiger partial charge in [-0.15, -0.1) is 10.6 Å². The second kappa shape index (κ2) is 9.25. The fourth-order valence-corrected chi connectivity index (χ4v) is 4.29. The van der Waals surface area contributed by atoms with Gasteiger partial charge in [-0.25, -0.2) is 9.93 Å². The van der Waals surface area contributed by atoms with E-state index in [0.29, 0.717) is 39.9 Å². The van der Waals surface area contributed by atoms with Gasteiger partial charge in [0.25, 0.3) is 0 Å². The topological polar surface area (TPSA) is 100 Å². The summed E-state index contributed by atoms with van der Waals surface area (Å²) in [5.74, 6) is 0.308. The van der Waals surface area contributed by atoms with E-state index in [1.807, 2.05) is 21.0 Å². The van der Waals surface area contributed by atoms with Crippen LogP contribution in [0.3, 0.4) is 0 Å². The fraction of sp³-hybridized carbons (Fsp3) is 0.292. The number of anilines is 2. The van der Waals surface area contributed by atoms with Gasteiger partial charge >= 0.3 is 0 Å². The van der Waals surface area contributed by atoms with Gasteiger partial charge < -0.3 is 10.6 Å². The molecule has 2 aromatic carbocycles. The van der Waals surface area contributed by atoms with Crippen molar-refractivity contribution in [3.8, 4) is 6.07 Å². The normalized spacial score (nSPS) is 15.2. The van der Waals surface area contributed by atoms with E-state index in [0.717, 1.165) is 10.9 Å². The molecule has 0 bridgehead atoms. The third kappa shape index (κ3) is 4.97. The number of fused-ring (bicyclic) bond motifs is 1. The first kappa shape index (κ1) is 24.6. The Bertz CT molecular complexity index is 1330. The first-order valence-electron chi connectivity index (χ1n) is 11.1. The van der Waals surface area contributed by atoms with E-state index >= 15 is 0 Å². The maximum Gasteiger partial charge on any atom is 0.162 e. The molecule has 1 aliphatic rings.